The first kappa shape index (κ1) is 36.9. The summed E-state index contributed by atoms with van der Waals surface area (Å²) >= 11 is 0. The summed E-state index contributed by atoms with van der Waals surface area (Å²) in [7, 11) is 1.54. The first-order valence-corrected chi connectivity index (χ1v) is 15.7. The number of aliphatic hydroxyl groups is 6. The lowest BCUT2D eigenvalue weighted by atomic mass is 9.88. The molecule has 16 nitrogen and oxygen atoms in total. The van der Waals surface area contributed by atoms with E-state index in [0.717, 1.165) is 6.92 Å². The Kier molecular flexibility index (Phi) is 12.1. The average Bonchev–Trinajstić information content (AvgIpc) is 3.45. The summed E-state index contributed by atoms with van der Waals surface area (Å²) in [5.41, 5.74) is 1.11. The molecular weight excluding hydrogens is 652 g/mol. The predicted molar refractivity (Wildman–Crippen MR) is 164 cm³/mol. The Morgan fingerprint density at radius 1 is 0.878 bits per heavy atom. The number of carbonyl (C=O) groups is 2. The van der Waals surface area contributed by atoms with Crippen molar-refractivity contribution in [3.63, 3.8) is 0 Å². The van der Waals surface area contributed by atoms with Crippen LogP contribution in [0.25, 0.3) is 6.08 Å². The highest BCUT2D eigenvalue weighted by Gasteiger charge is 2.53. The van der Waals surface area contributed by atoms with Crippen LogP contribution in [-0.4, -0.2) is 137 Å². The molecule has 1 aliphatic carbocycles. The largest absolute Gasteiger partial charge is 0.497 e. The minimum atomic E-state index is -1.69. The fourth-order valence-corrected chi connectivity index (χ4v) is 6.28. The van der Waals surface area contributed by atoms with Crippen molar-refractivity contribution in [1.29, 1.82) is 0 Å². The highest BCUT2D eigenvalue weighted by molar-refractivity contribution is 5.87. The maximum absolute atomic E-state index is 12.7. The Morgan fingerprint density at radius 3 is 2.27 bits per heavy atom. The van der Waals surface area contributed by atoms with Gasteiger partial charge in [0.2, 0.25) is 6.29 Å². The van der Waals surface area contributed by atoms with Crippen LogP contribution < -0.4 is 4.74 Å². The van der Waals surface area contributed by atoms with Gasteiger partial charge in [-0.15, -0.1) is 0 Å². The summed E-state index contributed by atoms with van der Waals surface area (Å²) in [6, 6.07) is 6.93. The van der Waals surface area contributed by atoms with Crippen LogP contribution in [0.4, 0.5) is 0 Å². The Labute approximate surface area is 281 Å². The van der Waals surface area contributed by atoms with Crippen molar-refractivity contribution in [2.75, 3.05) is 20.3 Å². The van der Waals surface area contributed by atoms with Gasteiger partial charge >= 0.3 is 11.9 Å². The van der Waals surface area contributed by atoms with Gasteiger partial charge in [0.25, 0.3) is 0 Å². The molecule has 0 aromatic heterocycles. The van der Waals surface area contributed by atoms with Crippen LogP contribution in [0, 0.1) is 11.8 Å². The maximum atomic E-state index is 12.7. The number of esters is 2. The molecule has 0 spiro atoms. The molecule has 6 N–H and O–H groups in total. The van der Waals surface area contributed by atoms with Crippen LogP contribution in [0.1, 0.15) is 19.4 Å². The third-order valence-corrected chi connectivity index (χ3v) is 8.83. The molecule has 2 fully saturated rings. The molecule has 1 aromatic rings. The number of benzene rings is 1. The fraction of sp³-hybridized carbons (Fsp3) is 0.576. The van der Waals surface area contributed by atoms with Gasteiger partial charge in [0.15, 0.2) is 24.8 Å². The first-order chi connectivity index (χ1) is 23.4. The highest BCUT2D eigenvalue weighted by atomic mass is 16.8. The van der Waals surface area contributed by atoms with Crippen molar-refractivity contribution >= 4 is 18.0 Å². The Bertz CT molecular complexity index is 1380. The molecule has 3 heterocycles. The van der Waals surface area contributed by atoms with E-state index in [9.17, 15) is 40.2 Å². The van der Waals surface area contributed by atoms with Crippen LogP contribution >= 0.6 is 0 Å². The van der Waals surface area contributed by atoms with E-state index in [1.165, 1.54) is 25.5 Å². The second-order valence-corrected chi connectivity index (χ2v) is 12.1. The molecule has 1 aromatic carbocycles. The molecule has 3 aliphatic heterocycles. The summed E-state index contributed by atoms with van der Waals surface area (Å²) in [6.45, 7) is 1.58. The maximum Gasteiger partial charge on any atom is 0.331 e. The molecule has 0 radical (unpaired) electrons. The lowest BCUT2D eigenvalue weighted by Crippen LogP contribution is -2.61. The third kappa shape index (κ3) is 8.15. The molecule has 0 saturated carbocycles. The number of rotatable bonds is 11. The summed E-state index contributed by atoms with van der Waals surface area (Å²) < 4.78 is 45.3. The molecule has 270 valence electrons. The number of aliphatic hydroxyl groups excluding tert-OH is 6. The predicted octanol–water partition coefficient (Wildman–Crippen LogP) is -1.11. The van der Waals surface area contributed by atoms with Crippen molar-refractivity contribution in [3.05, 3.63) is 59.9 Å². The van der Waals surface area contributed by atoms with Crippen molar-refractivity contribution in [2.24, 2.45) is 11.8 Å². The van der Waals surface area contributed by atoms with Crippen LogP contribution in [0.15, 0.2) is 54.3 Å². The molecule has 5 rings (SSSR count). The lowest BCUT2D eigenvalue weighted by molar-refractivity contribution is -0.341. The van der Waals surface area contributed by atoms with Crippen LogP contribution in [0.5, 0.6) is 5.75 Å². The van der Waals surface area contributed by atoms with E-state index in [0.29, 0.717) is 16.9 Å². The van der Waals surface area contributed by atoms with Crippen LogP contribution in [0.2, 0.25) is 0 Å². The van der Waals surface area contributed by atoms with Crippen molar-refractivity contribution in [3.8, 4) is 5.75 Å². The normalized spacial score (nSPS) is 38.8. The summed E-state index contributed by atoms with van der Waals surface area (Å²) in [5.74, 6) is -2.16. The van der Waals surface area contributed by atoms with Crippen LogP contribution in [0.3, 0.4) is 0 Å². The monoisotopic (exact) mass is 694 g/mol. The molecule has 49 heavy (non-hydrogen) atoms. The van der Waals surface area contributed by atoms with Gasteiger partial charge in [-0.25, -0.2) is 4.79 Å². The average molecular weight is 695 g/mol. The zero-order valence-corrected chi connectivity index (χ0v) is 27.0. The van der Waals surface area contributed by atoms with Gasteiger partial charge in [-0.05, 0) is 42.3 Å². The highest BCUT2D eigenvalue weighted by Crippen LogP contribution is 2.43. The lowest BCUT2D eigenvalue weighted by Gasteiger charge is -2.44. The van der Waals surface area contributed by atoms with Gasteiger partial charge in [0, 0.05) is 18.9 Å². The quantitative estimate of drug-likeness (QED) is 0.0917. The first-order valence-electron chi connectivity index (χ1n) is 15.7. The minimum Gasteiger partial charge on any atom is -0.497 e. The van der Waals surface area contributed by atoms with Crippen molar-refractivity contribution < 1.29 is 78.1 Å². The fourth-order valence-electron chi connectivity index (χ4n) is 6.28. The van der Waals surface area contributed by atoms with Gasteiger partial charge < -0.3 is 68.5 Å². The van der Waals surface area contributed by atoms with Gasteiger partial charge in [-0.3, -0.25) is 4.79 Å². The smallest absolute Gasteiger partial charge is 0.331 e. The van der Waals surface area contributed by atoms with Crippen LogP contribution in [-0.2, 0) is 42.7 Å². The second-order valence-electron chi connectivity index (χ2n) is 12.1. The number of methoxy groups -OCH3 is 1. The van der Waals surface area contributed by atoms with Gasteiger partial charge in [0.05, 0.1) is 44.7 Å². The van der Waals surface area contributed by atoms with E-state index in [2.05, 4.69) is 0 Å². The molecule has 0 bridgehead atoms. The van der Waals surface area contributed by atoms with E-state index in [4.69, 9.17) is 37.9 Å². The van der Waals surface area contributed by atoms with E-state index in [-0.39, 0.29) is 0 Å². The third-order valence-electron chi connectivity index (χ3n) is 8.83. The summed E-state index contributed by atoms with van der Waals surface area (Å²) in [5, 5.41) is 61.8. The molecule has 0 amide bonds. The topological polar surface area (TPSA) is 229 Å². The molecule has 14 atom stereocenters. The van der Waals surface area contributed by atoms with E-state index in [1.807, 2.05) is 0 Å². The number of hydrogen-bond acceptors (Lipinski definition) is 16. The van der Waals surface area contributed by atoms with E-state index >= 15 is 0 Å². The molecule has 0 unspecified atom stereocenters. The zero-order valence-electron chi connectivity index (χ0n) is 27.0. The number of hydrogen-bond donors (Lipinski definition) is 6. The molecular formula is C33H42O16. The Hall–Kier alpha value is -3.42. The molecule has 2 saturated heterocycles. The molecule has 4 aliphatic rings. The van der Waals surface area contributed by atoms with E-state index in [1.54, 1.807) is 43.3 Å². The SMILES string of the molecule is COc1ccc(C=CC(=O)O[C@@H]2[C@@H](O)[C@@H](OC(C)=O)[C@H](O[C@@H]3C=C(CO)[C@H]4[C@H](O[C@@H]5O[C@H](CO)[C@@H](O)[C@H](O)[C@H]5O)OC=C[C@H]43)O[C@H]2C)cc1. The summed E-state index contributed by atoms with van der Waals surface area (Å²) in [4.78, 5) is 24.8. The molecule has 16 heteroatoms. The number of fused-ring (bicyclic) bond motifs is 1. The Balaban J connectivity index is 1.27. The number of ether oxygens (including phenoxy) is 8. The number of carbonyl (C=O) groups excluding carboxylic acids is 2. The van der Waals surface area contributed by atoms with Crippen molar-refractivity contribution in [2.45, 2.75) is 87.7 Å². The van der Waals surface area contributed by atoms with Gasteiger partial charge in [-0.1, -0.05) is 18.2 Å². The standard InChI is InChI=1S/C33H42O16/c1-15-29(48-23(37)9-6-17-4-7-19(42-3)8-5-17)28(41)30(45-16(2)36)33(44-15)46-21-12-18(13-34)24-20(21)10-11-43-31(24)49-32-27(40)26(39)25(38)22(14-35)47-32/h4-12,15,20-22,24-35,38-41H,13-14H2,1-3H3/t15-,20-,21+,22+,24+,25+,26-,27+,28+,29-,30+,31-,32-,33-/m0/s1. The Morgan fingerprint density at radius 2 is 1.61 bits per heavy atom. The minimum absolute atomic E-state index is 0.415. The zero-order chi connectivity index (χ0) is 35.4. The van der Waals surface area contributed by atoms with E-state index < -0.39 is 111 Å². The summed E-state index contributed by atoms with van der Waals surface area (Å²) in [6.07, 6.45) is -8.93. The second kappa shape index (κ2) is 16.1. The van der Waals surface area contributed by atoms with Crippen molar-refractivity contribution in [1.82, 2.24) is 0 Å². The van der Waals surface area contributed by atoms with Gasteiger partial charge in [0.1, 0.15) is 36.3 Å². The van der Waals surface area contributed by atoms with Gasteiger partial charge in [-0.2, -0.15) is 0 Å².